The van der Waals surface area contributed by atoms with Gasteiger partial charge in [0.1, 0.15) is 16.8 Å². The zero-order valence-electron chi connectivity index (χ0n) is 10.6. The third kappa shape index (κ3) is 3.38. The molecule has 0 aliphatic heterocycles. The third-order valence-corrected chi connectivity index (χ3v) is 4.87. The van der Waals surface area contributed by atoms with E-state index in [9.17, 15) is 12.8 Å². The molecular weight excluding hydrogens is 357 g/mol. The van der Waals surface area contributed by atoms with Crippen LogP contribution in [-0.2, 0) is 9.84 Å². The molecule has 106 valence electrons. The van der Waals surface area contributed by atoms with Crippen LogP contribution in [0.5, 0.6) is 0 Å². The highest BCUT2D eigenvalue weighted by Gasteiger charge is 2.20. The van der Waals surface area contributed by atoms with E-state index in [0.717, 1.165) is 6.08 Å². The van der Waals surface area contributed by atoms with Crippen molar-refractivity contribution in [2.24, 2.45) is 0 Å². The Bertz CT molecular complexity index is 840. The van der Waals surface area contributed by atoms with Crippen molar-refractivity contribution in [3.8, 4) is 6.07 Å². The van der Waals surface area contributed by atoms with E-state index in [2.05, 4.69) is 15.9 Å². The molecule has 0 amide bonds. The minimum absolute atomic E-state index is 0.00629. The summed E-state index contributed by atoms with van der Waals surface area (Å²) >= 11 is 3.18. The standard InChI is InChI=1S/C15H9BrFNO2S/c16-12-6-7-15(17)11(8-12)9-14(10-18)21(19,20)13-4-2-1-3-5-13/h1-9H. The van der Waals surface area contributed by atoms with Gasteiger partial charge in [-0.1, -0.05) is 34.1 Å². The molecule has 0 radical (unpaired) electrons. The zero-order valence-corrected chi connectivity index (χ0v) is 13.0. The van der Waals surface area contributed by atoms with Crippen LogP contribution in [-0.4, -0.2) is 8.42 Å². The van der Waals surface area contributed by atoms with Crippen molar-refractivity contribution >= 4 is 31.8 Å². The zero-order chi connectivity index (χ0) is 15.5. The van der Waals surface area contributed by atoms with Crippen molar-refractivity contribution < 1.29 is 12.8 Å². The van der Waals surface area contributed by atoms with Crippen LogP contribution < -0.4 is 0 Å². The molecule has 0 aliphatic carbocycles. The second-order valence-electron chi connectivity index (χ2n) is 4.10. The number of hydrogen-bond acceptors (Lipinski definition) is 3. The Morgan fingerprint density at radius 3 is 2.48 bits per heavy atom. The number of halogens is 2. The summed E-state index contributed by atoms with van der Waals surface area (Å²) in [5.74, 6) is -0.603. The molecule has 0 spiro atoms. The van der Waals surface area contributed by atoms with Crippen LogP contribution in [0.3, 0.4) is 0 Å². The van der Waals surface area contributed by atoms with Gasteiger partial charge in [-0.3, -0.25) is 0 Å². The highest BCUT2D eigenvalue weighted by Crippen LogP contribution is 2.23. The molecule has 3 nitrogen and oxygen atoms in total. The molecule has 0 aliphatic rings. The first-order valence-corrected chi connectivity index (χ1v) is 8.10. The van der Waals surface area contributed by atoms with Crippen molar-refractivity contribution in [2.45, 2.75) is 4.90 Å². The lowest BCUT2D eigenvalue weighted by Gasteiger charge is -2.04. The molecule has 0 N–H and O–H groups in total. The molecule has 0 unspecified atom stereocenters. The van der Waals surface area contributed by atoms with Gasteiger partial charge < -0.3 is 0 Å². The van der Waals surface area contributed by atoms with Crippen molar-refractivity contribution in [3.63, 3.8) is 0 Å². The van der Waals surface area contributed by atoms with Crippen molar-refractivity contribution in [3.05, 3.63) is 69.3 Å². The third-order valence-electron chi connectivity index (χ3n) is 2.70. The van der Waals surface area contributed by atoms with Crippen LogP contribution in [0.15, 0.2) is 62.8 Å². The first-order valence-electron chi connectivity index (χ1n) is 5.82. The maximum atomic E-state index is 13.7. The number of nitriles is 1. The summed E-state index contributed by atoms with van der Waals surface area (Å²) in [5.41, 5.74) is 0.0282. The molecule has 0 saturated carbocycles. The monoisotopic (exact) mass is 365 g/mol. The van der Waals surface area contributed by atoms with Crippen LogP contribution in [0.25, 0.3) is 6.08 Å². The number of nitrogens with zero attached hydrogens (tertiary/aromatic N) is 1. The van der Waals surface area contributed by atoms with E-state index in [-0.39, 0.29) is 10.5 Å². The molecular formula is C15H9BrFNO2S. The predicted octanol–water partition coefficient (Wildman–Crippen LogP) is 3.93. The number of hydrogen-bond donors (Lipinski definition) is 0. The van der Waals surface area contributed by atoms with Gasteiger partial charge in [0.15, 0.2) is 0 Å². The van der Waals surface area contributed by atoms with E-state index >= 15 is 0 Å². The summed E-state index contributed by atoms with van der Waals surface area (Å²) in [6.45, 7) is 0. The SMILES string of the molecule is N#CC(=Cc1cc(Br)ccc1F)S(=O)(=O)c1ccccc1. The van der Waals surface area contributed by atoms with Gasteiger partial charge in [-0.05, 0) is 36.4 Å². The Labute approximate surface area is 130 Å². The molecule has 21 heavy (non-hydrogen) atoms. The highest BCUT2D eigenvalue weighted by atomic mass is 79.9. The lowest BCUT2D eigenvalue weighted by Crippen LogP contribution is -2.03. The van der Waals surface area contributed by atoms with Gasteiger partial charge in [0.2, 0.25) is 9.84 Å². The molecule has 0 fully saturated rings. The Morgan fingerprint density at radius 1 is 1.19 bits per heavy atom. The molecule has 0 saturated heterocycles. The van der Waals surface area contributed by atoms with Crippen LogP contribution >= 0.6 is 15.9 Å². The van der Waals surface area contributed by atoms with Gasteiger partial charge in [-0.2, -0.15) is 5.26 Å². The van der Waals surface area contributed by atoms with E-state index in [1.807, 2.05) is 0 Å². The summed E-state index contributed by atoms with van der Waals surface area (Å²) in [6.07, 6.45) is 1.03. The highest BCUT2D eigenvalue weighted by molar-refractivity contribution is 9.10. The normalized spacial score (nSPS) is 12.0. The number of allylic oxidation sites excluding steroid dienone is 1. The summed E-state index contributed by atoms with van der Waals surface area (Å²) in [6, 6.07) is 13.3. The lowest BCUT2D eigenvalue weighted by atomic mass is 10.2. The average Bonchev–Trinajstić information content (AvgIpc) is 2.48. The maximum Gasteiger partial charge on any atom is 0.216 e. The minimum Gasteiger partial charge on any atom is -0.218 e. The molecule has 2 aromatic rings. The summed E-state index contributed by atoms with van der Waals surface area (Å²) in [4.78, 5) is -0.515. The van der Waals surface area contributed by atoms with Gasteiger partial charge in [0.05, 0.1) is 4.90 Å². The second kappa shape index (κ2) is 6.20. The second-order valence-corrected chi connectivity index (χ2v) is 6.94. The summed E-state index contributed by atoms with van der Waals surface area (Å²) < 4.78 is 39.0. The van der Waals surface area contributed by atoms with Crippen molar-refractivity contribution in [2.75, 3.05) is 0 Å². The fourth-order valence-corrected chi connectivity index (χ4v) is 3.21. The largest absolute Gasteiger partial charge is 0.218 e. The van der Waals surface area contributed by atoms with Crippen molar-refractivity contribution in [1.82, 2.24) is 0 Å². The first kappa shape index (κ1) is 15.4. The minimum atomic E-state index is -3.96. The first-order chi connectivity index (χ1) is 9.95. The van der Waals surface area contributed by atoms with E-state index in [0.29, 0.717) is 4.47 Å². The summed E-state index contributed by atoms with van der Waals surface area (Å²) in [7, 11) is -3.96. The Morgan fingerprint density at radius 2 is 1.86 bits per heavy atom. The number of sulfone groups is 1. The quantitative estimate of drug-likeness (QED) is 0.774. The predicted molar refractivity (Wildman–Crippen MR) is 81.3 cm³/mol. The van der Waals surface area contributed by atoms with Crippen LogP contribution in [0.1, 0.15) is 5.56 Å². The molecule has 2 aromatic carbocycles. The summed E-state index contributed by atoms with van der Waals surface area (Å²) in [5, 5.41) is 9.11. The molecule has 0 heterocycles. The molecule has 0 atom stereocenters. The lowest BCUT2D eigenvalue weighted by molar-refractivity contribution is 0.603. The van der Waals surface area contributed by atoms with Gasteiger partial charge in [0, 0.05) is 10.0 Å². The van der Waals surface area contributed by atoms with Crippen LogP contribution in [0, 0.1) is 17.1 Å². The fraction of sp³-hybridized carbons (Fsp3) is 0. The van der Waals surface area contributed by atoms with Gasteiger partial charge in [-0.15, -0.1) is 0 Å². The molecule has 2 rings (SSSR count). The topological polar surface area (TPSA) is 57.9 Å². The van der Waals surface area contributed by atoms with Gasteiger partial charge in [0.25, 0.3) is 0 Å². The molecule has 0 bridgehead atoms. The average molecular weight is 366 g/mol. The fourth-order valence-electron chi connectivity index (χ4n) is 1.66. The number of rotatable bonds is 3. The Hall–Kier alpha value is -1.97. The van der Waals surface area contributed by atoms with Gasteiger partial charge in [-0.25, -0.2) is 12.8 Å². The van der Waals surface area contributed by atoms with E-state index < -0.39 is 20.6 Å². The smallest absolute Gasteiger partial charge is 0.216 e. The van der Waals surface area contributed by atoms with Crippen molar-refractivity contribution in [1.29, 1.82) is 5.26 Å². The number of benzene rings is 2. The van der Waals surface area contributed by atoms with Gasteiger partial charge >= 0.3 is 0 Å². The molecule has 6 heteroatoms. The van der Waals surface area contributed by atoms with E-state index in [4.69, 9.17) is 5.26 Å². The Balaban J connectivity index is 2.57. The van der Waals surface area contributed by atoms with E-state index in [1.165, 1.54) is 30.3 Å². The van der Waals surface area contributed by atoms with E-state index in [1.54, 1.807) is 24.3 Å². The molecule has 0 aromatic heterocycles. The van der Waals surface area contributed by atoms with Crippen LogP contribution in [0.4, 0.5) is 4.39 Å². The Kier molecular flexibility index (Phi) is 4.56. The van der Waals surface area contributed by atoms with Crippen LogP contribution in [0.2, 0.25) is 0 Å². The maximum absolute atomic E-state index is 13.7.